The van der Waals surface area contributed by atoms with Gasteiger partial charge in [-0.1, -0.05) is 91.0 Å². The van der Waals surface area contributed by atoms with E-state index in [1.54, 1.807) is 0 Å². The Hall–Kier alpha value is -6.13. The third-order valence-corrected chi connectivity index (χ3v) is 8.68. The molecule has 45 heavy (non-hydrogen) atoms. The van der Waals surface area contributed by atoms with Gasteiger partial charge in [0.05, 0.1) is 22.1 Å². The van der Waals surface area contributed by atoms with Gasteiger partial charge in [0.25, 0.3) is 0 Å². The average Bonchev–Trinajstić information content (AvgIpc) is 3.61. The topological polar surface area (TPSA) is 26.0 Å². The highest BCUT2D eigenvalue weighted by Crippen LogP contribution is 2.39. The van der Waals surface area contributed by atoms with Gasteiger partial charge in [0.1, 0.15) is 5.65 Å². The number of hydrogen-bond donors (Lipinski definition) is 0. The zero-order valence-corrected chi connectivity index (χ0v) is 24.5. The van der Waals surface area contributed by atoms with Crippen LogP contribution in [-0.2, 0) is 0 Å². The quantitative estimate of drug-likeness (QED) is 0.204. The van der Waals surface area contributed by atoms with Crippen LogP contribution in [0.15, 0.2) is 170 Å². The van der Waals surface area contributed by atoms with Gasteiger partial charge in [-0.05, 0) is 78.9 Å². The first kappa shape index (κ1) is 25.4. The first-order valence-electron chi connectivity index (χ1n) is 15.2. The van der Waals surface area contributed by atoms with Crippen molar-refractivity contribution in [3.63, 3.8) is 0 Å². The van der Waals surface area contributed by atoms with Crippen LogP contribution in [0.5, 0.6) is 0 Å². The molecule has 0 N–H and O–H groups in total. The van der Waals surface area contributed by atoms with Gasteiger partial charge < -0.3 is 9.47 Å². The third kappa shape index (κ3) is 4.04. The summed E-state index contributed by atoms with van der Waals surface area (Å²) in [7, 11) is 0. The van der Waals surface area contributed by atoms with Crippen LogP contribution in [0, 0.1) is 0 Å². The normalized spacial score (nSPS) is 11.6. The Morgan fingerprint density at radius 1 is 0.378 bits per heavy atom. The summed E-state index contributed by atoms with van der Waals surface area (Å²) in [6.45, 7) is 0. The predicted molar refractivity (Wildman–Crippen MR) is 188 cm³/mol. The first-order chi connectivity index (χ1) is 22.3. The fourth-order valence-corrected chi connectivity index (χ4v) is 6.71. The summed E-state index contributed by atoms with van der Waals surface area (Å²) >= 11 is 0. The number of pyridine rings is 1. The predicted octanol–water partition coefficient (Wildman–Crippen LogP) is 10.7. The lowest BCUT2D eigenvalue weighted by molar-refractivity contribution is 1.14. The van der Waals surface area contributed by atoms with Crippen molar-refractivity contribution in [2.24, 2.45) is 0 Å². The molecular weight excluding hydrogens is 548 g/mol. The second-order valence-electron chi connectivity index (χ2n) is 11.3. The van der Waals surface area contributed by atoms with Gasteiger partial charge in [0, 0.05) is 44.6 Å². The number of nitrogens with zero attached hydrogens (tertiary/aromatic N) is 4. The summed E-state index contributed by atoms with van der Waals surface area (Å²) in [5.74, 6) is 0. The van der Waals surface area contributed by atoms with Crippen molar-refractivity contribution in [2.75, 3.05) is 4.90 Å². The molecule has 9 rings (SSSR count). The molecule has 0 aliphatic carbocycles. The van der Waals surface area contributed by atoms with E-state index >= 15 is 0 Å². The minimum Gasteiger partial charge on any atom is -0.311 e. The molecule has 9 aromatic rings. The van der Waals surface area contributed by atoms with Crippen molar-refractivity contribution in [3.05, 3.63) is 170 Å². The van der Waals surface area contributed by atoms with Crippen molar-refractivity contribution in [3.8, 4) is 11.4 Å². The van der Waals surface area contributed by atoms with Crippen LogP contribution >= 0.6 is 0 Å². The minimum atomic E-state index is 0.954. The summed E-state index contributed by atoms with van der Waals surface area (Å²) in [6.07, 6.45) is 0. The monoisotopic (exact) mass is 576 g/mol. The van der Waals surface area contributed by atoms with Gasteiger partial charge >= 0.3 is 0 Å². The van der Waals surface area contributed by atoms with Crippen LogP contribution < -0.4 is 4.90 Å². The van der Waals surface area contributed by atoms with Gasteiger partial charge in [0.2, 0.25) is 0 Å². The standard InChI is InChI=1S/C41H28N4/c1-4-14-29(15-5-1)43(30-16-6-2-7-17-30)32-24-26-33(27-25-32)45-37-22-12-10-20-34(37)36-28-39-40(42-41(36)45)35-21-11-13-23-38(35)44(39)31-18-8-3-9-19-31/h1-28H. The second-order valence-corrected chi connectivity index (χ2v) is 11.3. The van der Waals surface area contributed by atoms with E-state index in [4.69, 9.17) is 4.98 Å². The molecule has 0 aliphatic heterocycles. The SMILES string of the molecule is c1ccc(N(c2ccccc2)c2ccc(-n3c4ccccc4c4cc5c(nc43)c3ccccc3n5-c3ccccc3)cc2)cc1. The van der Waals surface area contributed by atoms with Crippen LogP contribution in [-0.4, -0.2) is 14.1 Å². The highest BCUT2D eigenvalue weighted by Gasteiger charge is 2.20. The molecule has 0 bridgehead atoms. The maximum Gasteiger partial charge on any atom is 0.146 e. The molecule has 0 unspecified atom stereocenters. The number of aromatic nitrogens is 3. The van der Waals surface area contributed by atoms with E-state index in [9.17, 15) is 0 Å². The molecule has 6 aromatic carbocycles. The molecule has 0 saturated heterocycles. The van der Waals surface area contributed by atoms with E-state index in [1.165, 1.54) is 5.39 Å². The maximum absolute atomic E-state index is 5.45. The Bertz CT molecular complexity index is 2420. The maximum atomic E-state index is 5.45. The van der Waals surface area contributed by atoms with Crippen molar-refractivity contribution >= 4 is 60.9 Å². The third-order valence-electron chi connectivity index (χ3n) is 8.68. The summed E-state index contributed by atoms with van der Waals surface area (Å²) in [4.78, 5) is 7.74. The number of para-hydroxylation sites is 5. The molecule has 0 fully saturated rings. The molecule has 0 radical (unpaired) electrons. The Kier molecular flexibility index (Phi) is 5.78. The molecule has 0 aliphatic rings. The fraction of sp³-hybridized carbons (Fsp3) is 0. The highest BCUT2D eigenvalue weighted by atomic mass is 15.1. The summed E-state index contributed by atoms with van der Waals surface area (Å²) in [5, 5.41) is 3.47. The Labute approximate surface area is 260 Å². The van der Waals surface area contributed by atoms with Crippen LogP contribution in [0.4, 0.5) is 17.1 Å². The summed E-state index contributed by atoms with van der Waals surface area (Å²) in [5.41, 5.74) is 10.9. The molecule has 0 amide bonds. The molecule has 3 heterocycles. The van der Waals surface area contributed by atoms with Crippen molar-refractivity contribution < 1.29 is 0 Å². The molecule has 4 heteroatoms. The van der Waals surface area contributed by atoms with Crippen LogP contribution in [0.1, 0.15) is 0 Å². The van der Waals surface area contributed by atoms with Crippen LogP contribution in [0.3, 0.4) is 0 Å². The smallest absolute Gasteiger partial charge is 0.146 e. The van der Waals surface area contributed by atoms with E-state index in [-0.39, 0.29) is 0 Å². The zero-order valence-electron chi connectivity index (χ0n) is 24.5. The molecule has 0 spiro atoms. The largest absolute Gasteiger partial charge is 0.311 e. The Morgan fingerprint density at radius 3 is 1.51 bits per heavy atom. The molecule has 3 aromatic heterocycles. The average molecular weight is 577 g/mol. The van der Waals surface area contributed by atoms with Gasteiger partial charge in [-0.15, -0.1) is 0 Å². The van der Waals surface area contributed by atoms with Crippen LogP contribution in [0.25, 0.3) is 55.2 Å². The summed E-state index contributed by atoms with van der Waals surface area (Å²) in [6, 6.07) is 59.9. The van der Waals surface area contributed by atoms with Crippen LogP contribution in [0.2, 0.25) is 0 Å². The second kappa shape index (κ2) is 10.2. The van der Waals surface area contributed by atoms with Crippen molar-refractivity contribution in [1.82, 2.24) is 14.1 Å². The molecule has 0 saturated carbocycles. The first-order valence-corrected chi connectivity index (χ1v) is 15.2. The van der Waals surface area contributed by atoms with Gasteiger partial charge in [-0.25, -0.2) is 4.98 Å². The Morgan fingerprint density at radius 2 is 0.867 bits per heavy atom. The van der Waals surface area contributed by atoms with Gasteiger partial charge in [-0.2, -0.15) is 0 Å². The van der Waals surface area contributed by atoms with E-state index in [2.05, 4.69) is 184 Å². The van der Waals surface area contributed by atoms with Gasteiger partial charge in [-0.3, -0.25) is 4.57 Å². The molecule has 0 atom stereocenters. The van der Waals surface area contributed by atoms with Gasteiger partial charge in [0.15, 0.2) is 0 Å². The molecular formula is C41H28N4. The van der Waals surface area contributed by atoms with E-state index in [0.717, 1.165) is 66.9 Å². The number of anilines is 3. The van der Waals surface area contributed by atoms with Crippen molar-refractivity contribution in [1.29, 1.82) is 0 Å². The number of fused-ring (bicyclic) bond motifs is 6. The lowest BCUT2D eigenvalue weighted by Crippen LogP contribution is -2.09. The van der Waals surface area contributed by atoms with E-state index < -0.39 is 0 Å². The number of hydrogen-bond acceptors (Lipinski definition) is 2. The highest BCUT2D eigenvalue weighted by molar-refractivity contribution is 6.15. The minimum absolute atomic E-state index is 0.954. The van der Waals surface area contributed by atoms with E-state index in [0.29, 0.717) is 0 Å². The lowest BCUT2D eigenvalue weighted by Gasteiger charge is -2.25. The fourth-order valence-electron chi connectivity index (χ4n) is 6.71. The Balaban J connectivity index is 1.27. The lowest BCUT2D eigenvalue weighted by atomic mass is 10.1. The molecule has 212 valence electrons. The van der Waals surface area contributed by atoms with E-state index in [1.807, 2.05) is 0 Å². The number of rotatable bonds is 5. The molecule has 4 nitrogen and oxygen atoms in total. The summed E-state index contributed by atoms with van der Waals surface area (Å²) < 4.78 is 4.64. The number of benzene rings is 6. The van der Waals surface area contributed by atoms with Crippen molar-refractivity contribution in [2.45, 2.75) is 0 Å². The zero-order chi connectivity index (χ0) is 29.7.